The Balaban J connectivity index is 1.87. The van der Waals surface area contributed by atoms with Gasteiger partial charge < -0.3 is 24.7 Å². The van der Waals surface area contributed by atoms with Crippen molar-refractivity contribution in [1.29, 1.82) is 0 Å². The molecule has 0 aromatic heterocycles. The van der Waals surface area contributed by atoms with Crippen LogP contribution in [0.4, 0.5) is 4.79 Å². The monoisotopic (exact) mass is 300 g/mol. The number of hydrogen-bond donors (Lipinski definition) is 2. The number of amides is 2. The van der Waals surface area contributed by atoms with Crippen molar-refractivity contribution < 1.29 is 24.5 Å². The second-order valence-corrected chi connectivity index (χ2v) is 5.95. The van der Waals surface area contributed by atoms with E-state index in [1.54, 1.807) is 9.80 Å². The molecule has 7 heteroatoms. The summed E-state index contributed by atoms with van der Waals surface area (Å²) in [6.07, 6.45) is 1.35. The third-order valence-corrected chi connectivity index (χ3v) is 4.30. The molecule has 0 aromatic carbocycles. The molecule has 0 radical (unpaired) electrons. The smallest absolute Gasteiger partial charge is 0.320 e. The molecule has 2 aliphatic rings. The van der Waals surface area contributed by atoms with Crippen LogP contribution < -0.4 is 0 Å². The summed E-state index contributed by atoms with van der Waals surface area (Å²) in [5.74, 6) is -0.605. The Bertz CT molecular complexity index is 382. The molecule has 2 N–H and O–H groups in total. The van der Waals surface area contributed by atoms with Crippen LogP contribution in [0.2, 0.25) is 0 Å². The molecule has 2 amide bonds. The Morgan fingerprint density at radius 3 is 2.52 bits per heavy atom. The van der Waals surface area contributed by atoms with Gasteiger partial charge in [-0.3, -0.25) is 4.79 Å². The van der Waals surface area contributed by atoms with Crippen molar-refractivity contribution >= 4 is 12.0 Å². The largest absolute Gasteiger partial charge is 0.481 e. The number of hydrogen-bond acceptors (Lipinski definition) is 4. The maximum absolute atomic E-state index is 12.6. The van der Waals surface area contributed by atoms with E-state index >= 15 is 0 Å². The molecular formula is C14H24N2O5. The summed E-state index contributed by atoms with van der Waals surface area (Å²) in [6.45, 7) is 3.90. The zero-order valence-electron chi connectivity index (χ0n) is 12.4. The molecule has 2 aliphatic heterocycles. The highest BCUT2D eigenvalue weighted by atomic mass is 16.5. The van der Waals surface area contributed by atoms with Gasteiger partial charge in [0.15, 0.2) is 0 Å². The third kappa shape index (κ3) is 4.07. The van der Waals surface area contributed by atoms with Crippen molar-refractivity contribution in [2.24, 2.45) is 5.92 Å². The fraction of sp³-hybridized carbons (Fsp3) is 0.857. The van der Waals surface area contributed by atoms with Crippen LogP contribution in [0, 0.1) is 5.92 Å². The van der Waals surface area contributed by atoms with Crippen molar-refractivity contribution in [3.8, 4) is 0 Å². The van der Waals surface area contributed by atoms with E-state index in [9.17, 15) is 14.7 Å². The van der Waals surface area contributed by atoms with Crippen LogP contribution >= 0.6 is 0 Å². The zero-order chi connectivity index (χ0) is 15.4. The first-order valence-corrected chi connectivity index (χ1v) is 7.51. The van der Waals surface area contributed by atoms with Crippen LogP contribution in [0.25, 0.3) is 0 Å². The van der Waals surface area contributed by atoms with Crippen LogP contribution in [0.5, 0.6) is 0 Å². The van der Waals surface area contributed by atoms with E-state index in [1.807, 2.05) is 6.92 Å². The molecule has 2 fully saturated rings. The molecule has 21 heavy (non-hydrogen) atoms. The Morgan fingerprint density at radius 2 is 1.95 bits per heavy atom. The number of morpholine rings is 1. The summed E-state index contributed by atoms with van der Waals surface area (Å²) in [6, 6.07) is -0.0323. The highest BCUT2D eigenvalue weighted by molar-refractivity contribution is 5.75. The molecule has 0 spiro atoms. The SMILES string of the molecule is CC1COC(CO)CN1C(=O)N1CCC(CC(=O)O)CC1. The van der Waals surface area contributed by atoms with Gasteiger partial charge >= 0.3 is 12.0 Å². The lowest BCUT2D eigenvalue weighted by Crippen LogP contribution is -2.57. The molecule has 2 unspecified atom stereocenters. The molecule has 2 saturated heterocycles. The molecule has 7 nitrogen and oxygen atoms in total. The van der Waals surface area contributed by atoms with Gasteiger partial charge in [-0.05, 0) is 25.7 Å². The number of aliphatic carboxylic acids is 1. The van der Waals surface area contributed by atoms with Gasteiger partial charge in [0.2, 0.25) is 0 Å². The normalized spacial score (nSPS) is 27.7. The van der Waals surface area contributed by atoms with Crippen molar-refractivity contribution in [3.05, 3.63) is 0 Å². The van der Waals surface area contributed by atoms with Gasteiger partial charge in [-0.1, -0.05) is 0 Å². The average Bonchev–Trinajstić information content (AvgIpc) is 2.47. The molecule has 2 heterocycles. The van der Waals surface area contributed by atoms with Crippen molar-refractivity contribution in [2.75, 3.05) is 32.8 Å². The summed E-state index contributed by atoms with van der Waals surface area (Å²) in [4.78, 5) is 26.8. The van der Waals surface area contributed by atoms with Gasteiger partial charge in [0.25, 0.3) is 0 Å². The number of piperidine rings is 1. The predicted octanol–water partition coefficient (Wildman–Crippen LogP) is 0.375. The molecule has 2 rings (SSSR count). The Hall–Kier alpha value is -1.34. The molecule has 2 atom stereocenters. The van der Waals surface area contributed by atoms with E-state index in [0.29, 0.717) is 26.2 Å². The second-order valence-electron chi connectivity index (χ2n) is 5.95. The standard InChI is InChI=1S/C14H24N2O5/c1-10-9-21-12(8-17)7-16(10)14(20)15-4-2-11(3-5-15)6-13(18)19/h10-12,17H,2-9H2,1H3,(H,18,19). The zero-order valence-corrected chi connectivity index (χ0v) is 12.4. The number of likely N-dealkylation sites (tertiary alicyclic amines) is 1. The summed E-state index contributed by atoms with van der Waals surface area (Å²) in [5.41, 5.74) is 0. The highest BCUT2D eigenvalue weighted by Gasteiger charge is 2.33. The lowest BCUT2D eigenvalue weighted by Gasteiger charge is -2.41. The van der Waals surface area contributed by atoms with E-state index in [-0.39, 0.29) is 37.1 Å². The summed E-state index contributed by atoms with van der Waals surface area (Å²) in [7, 11) is 0. The van der Waals surface area contributed by atoms with E-state index in [2.05, 4.69) is 0 Å². The summed E-state index contributed by atoms with van der Waals surface area (Å²) < 4.78 is 5.44. The second kappa shape index (κ2) is 7.09. The third-order valence-electron chi connectivity index (χ3n) is 4.30. The fourth-order valence-electron chi connectivity index (χ4n) is 2.95. The molecule has 0 bridgehead atoms. The van der Waals surface area contributed by atoms with Gasteiger partial charge in [0, 0.05) is 19.5 Å². The highest BCUT2D eigenvalue weighted by Crippen LogP contribution is 2.23. The van der Waals surface area contributed by atoms with E-state index in [4.69, 9.17) is 9.84 Å². The number of aliphatic hydroxyl groups excluding tert-OH is 1. The maximum atomic E-state index is 12.6. The van der Waals surface area contributed by atoms with Crippen LogP contribution in [-0.2, 0) is 9.53 Å². The molecule has 120 valence electrons. The van der Waals surface area contributed by atoms with Crippen LogP contribution in [-0.4, -0.2) is 77.0 Å². The minimum atomic E-state index is -0.771. The fourth-order valence-corrected chi connectivity index (χ4v) is 2.95. The quantitative estimate of drug-likeness (QED) is 0.786. The topological polar surface area (TPSA) is 90.3 Å². The van der Waals surface area contributed by atoms with E-state index in [0.717, 1.165) is 12.8 Å². The number of carboxylic acid groups (broad SMARTS) is 1. The maximum Gasteiger partial charge on any atom is 0.320 e. The predicted molar refractivity (Wildman–Crippen MR) is 74.9 cm³/mol. The summed E-state index contributed by atoms with van der Waals surface area (Å²) >= 11 is 0. The lowest BCUT2D eigenvalue weighted by molar-refractivity contribution is -0.138. The number of urea groups is 1. The van der Waals surface area contributed by atoms with Crippen molar-refractivity contribution in [3.63, 3.8) is 0 Å². The van der Waals surface area contributed by atoms with Gasteiger partial charge in [-0.15, -0.1) is 0 Å². The van der Waals surface area contributed by atoms with Gasteiger partial charge in [-0.25, -0.2) is 4.79 Å². The summed E-state index contributed by atoms with van der Waals surface area (Å²) in [5, 5.41) is 18.0. The van der Waals surface area contributed by atoms with Gasteiger partial charge in [-0.2, -0.15) is 0 Å². The van der Waals surface area contributed by atoms with E-state index < -0.39 is 5.97 Å². The number of aliphatic hydroxyl groups is 1. The number of carbonyl (C=O) groups excluding carboxylic acids is 1. The number of carbonyl (C=O) groups is 2. The molecule has 0 saturated carbocycles. The number of nitrogens with zero attached hydrogens (tertiary/aromatic N) is 2. The van der Waals surface area contributed by atoms with E-state index in [1.165, 1.54) is 0 Å². The van der Waals surface area contributed by atoms with Crippen LogP contribution in [0.3, 0.4) is 0 Å². The van der Waals surface area contributed by atoms with Crippen LogP contribution in [0.1, 0.15) is 26.2 Å². The lowest BCUT2D eigenvalue weighted by atomic mass is 9.94. The first kappa shape index (κ1) is 16.0. The first-order chi connectivity index (χ1) is 10.0. The number of ether oxygens (including phenoxy) is 1. The Morgan fingerprint density at radius 1 is 1.29 bits per heavy atom. The number of rotatable bonds is 3. The molecule has 0 aromatic rings. The first-order valence-electron chi connectivity index (χ1n) is 7.51. The van der Waals surface area contributed by atoms with Gasteiger partial charge in [0.1, 0.15) is 0 Å². The molecule has 0 aliphatic carbocycles. The van der Waals surface area contributed by atoms with Crippen molar-refractivity contribution in [2.45, 2.75) is 38.3 Å². The van der Waals surface area contributed by atoms with Crippen LogP contribution in [0.15, 0.2) is 0 Å². The Labute approximate surface area is 124 Å². The number of carboxylic acids is 1. The minimum Gasteiger partial charge on any atom is -0.481 e. The average molecular weight is 300 g/mol. The Kier molecular flexibility index (Phi) is 5.41. The molecular weight excluding hydrogens is 276 g/mol. The van der Waals surface area contributed by atoms with Gasteiger partial charge in [0.05, 0.1) is 31.9 Å². The minimum absolute atomic E-state index is 0.00274. The van der Waals surface area contributed by atoms with Crippen molar-refractivity contribution in [1.82, 2.24) is 9.80 Å².